The van der Waals surface area contributed by atoms with Crippen LogP contribution in [0.3, 0.4) is 0 Å². The van der Waals surface area contributed by atoms with Crippen molar-refractivity contribution in [1.29, 1.82) is 0 Å². The average Bonchev–Trinajstić information content (AvgIpc) is 3.20. The van der Waals surface area contributed by atoms with E-state index < -0.39 is 11.9 Å². The van der Waals surface area contributed by atoms with E-state index in [1.54, 1.807) is 31.4 Å². The van der Waals surface area contributed by atoms with Gasteiger partial charge in [0.05, 0.1) is 18.6 Å². The Balaban J connectivity index is 1.86. The minimum absolute atomic E-state index is 0.0816. The maximum absolute atomic E-state index is 12.1. The first kappa shape index (κ1) is 16.8. The number of carbonyl (C=O) groups is 2. The number of hydrogen-bond acceptors (Lipinski definition) is 5. The molecule has 0 aliphatic carbocycles. The van der Waals surface area contributed by atoms with E-state index in [1.807, 2.05) is 25.1 Å². The molecule has 2 amide bonds. The van der Waals surface area contributed by atoms with Crippen LogP contribution < -0.4 is 10.6 Å². The third-order valence-electron chi connectivity index (χ3n) is 3.45. The fourth-order valence-corrected chi connectivity index (χ4v) is 2.11. The maximum atomic E-state index is 12.1. The molecular weight excluding hydrogens is 298 g/mol. The van der Waals surface area contributed by atoms with Crippen LogP contribution in [-0.2, 0) is 4.79 Å². The quantitative estimate of drug-likeness (QED) is 0.805. The van der Waals surface area contributed by atoms with Gasteiger partial charge < -0.3 is 19.5 Å². The van der Waals surface area contributed by atoms with Crippen LogP contribution in [0.1, 0.15) is 29.3 Å². The average molecular weight is 319 g/mol. The molecular formula is C16H21N3O4. The molecule has 0 saturated carbocycles. The molecule has 0 saturated heterocycles. The maximum Gasteiger partial charge on any atom is 0.287 e. The molecule has 124 valence electrons. The monoisotopic (exact) mass is 319 g/mol. The zero-order valence-corrected chi connectivity index (χ0v) is 13.4. The molecule has 7 heteroatoms. The van der Waals surface area contributed by atoms with Gasteiger partial charge in [0, 0.05) is 6.54 Å². The molecule has 2 aromatic heterocycles. The van der Waals surface area contributed by atoms with Gasteiger partial charge in [0.1, 0.15) is 11.8 Å². The highest BCUT2D eigenvalue weighted by molar-refractivity contribution is 5.95. The number of rotatable bonds is 7. The van der Waals surface area contributed by atoms with Crippen molar-refractivity contribution in [2.75, 3.05) is 20.6 Å². The Bertz CT molecular complexity index is 620. The molecule has 0 spiro atoms. The van der Waals surface area contributed by atoms with E-state index in [2.05, 4.69) is 10.6 Å². The van der Waals surface area contributed by atoms with E-state index >= 15 is 0 Å². The Kier molecular flexibility index (Phi) is 5.59. The topological polar surface area (TPSA) is 87.7 Å². The number of carbonyl (C=O) groups excluding carboxylic acids is 2. The van der Waals surface area contributed by atoms with Gasteiger partial charge in [0.15, 0.2) is 5.76 Å². The third kappa shape index (κ3) is 4.46. The molecule has 0 fully saturated rings. The van der Waals surface area contributed by atoms with Crippen LogP contribution in [-0.4, -0.2) is 43.4 Å². The van der Waals surface area contributed by atoms with E-state index in [0.717, 1.165) is 5.76 Å². The van der Waals surface area contributed by atoms with Crippen molar-refractivity contribution in [1.82, 2.24) is 15.5 Å². The van der Waals surface area contributed by atoms with E-state index in [4.69, 9.17) is 8.83 Å². The number of nitrogens with zero attached hydrogens (tertiary/aromatic N) is 1. The largest absolute Gasteiger partial charge is 0.468 e. The van der Waals surface area contributed by atoms with Crippen LogP contribution >= 0.6 is 0 Å². The summed E-state index contributed by atoms with van der Waals surface area (Å²) in [5.41, 5.74) is 0. The smallest absolute Gasteiger partial charge is 0.287 e. The van der Waals surface area contributed by atoms with Crippen molar-refractivity contribution >= 4 is 11.8 Å². The summed E-state index contributed by atoms with van der Waals surface area (Å²) in [4.78, 5) is 25.9. The molecule has 2 heterocycles. The normalized spacial score (nSPS) is 13.6. The van der Waals surface area contributed by atoms with E-state index in [9.17, 15) is 9.59 Å². The fraction of sp³-hybridized carbons (Fsp3) is 0.375. The van der Waals surface area contributed by atoms with Gasteiger partial charge in [0.2, 0.25) is 5.91 Å². The lowest BCUT2D eigenvalue weighted by molar-refractivity contribution is -0.122. The molecule has 0 radical (unpaired) electrons. The Labute approximate surface area is 134 Å². The molecule has 2 N–H and O–H groups in total. The zero-order valence-electron chi connectivity index (χ0n) is 13.4. The lowest BCUT2D eigenvalue weighted by atomic mass is 10.2. The van der Waals surface area contributed by atoms with Crippen LogP contribution in [0.25, 0.3) is 0 Å². The summed E-state index contributed by atoms with van der Waals surface area (Å²) >= 11 is 0. The highest BCUT2D eigenvalue weighted by Crippen LogP contribution is 2.17. The molecule has 2 rings (SSSR count). The van der Waals surface area contributed by atoms with Crippen molar-refractivity contribution in [2.45, 2.75) is 19.0 Å². The Morgan fingerprint density at radius 3 is 2.43 bits per heavy atom. The van der Waals surface area contributed by atoms with E-state index in [0.29, 0.717) is 6.54 Å². The van der Waals surface area contributed by atoms with Crippen molar-refractivity contribution in [3.63, 3.8) is 0 Å². The summed E-state index contributed by atoms with van der Waals surface area (Å²) in [6.45, 7) is 1.99. The van der Waals surface area contributed by atoms with Gasteiger partial charge >= 0.3 is 0 Å². The van der Waals surface area contributed by atoms with Gasteiger partial charge in [-0.1, -0.05) is 0 Å². The fourth-order valence-electron chi connectivity index (χ4n) is 2.11. The zero-order chi connectivity index (χ0) is 16.8. The lowest BCUT2D eigenvalue weighted by Gasteiger charge is -2.23. The molecule has 2 atom stereocenters. The van der Waals surface area contributed by atoms with Gasteiger partial charge in [-0.15, -0.1) is 0 Å². The number of hydrogen-bond donors (Lipinski definition) is 2. The predicted molar refractivity (Wildman–Crippen MR) is 83.8 cm³/mol. The molecule has 23 heavy (non-hydrogen) atoms. The Hall–Kier alpha value is -2.54. The second-order valence-electron chi connectivity index (χ2n) is 5.41. The predicted octanol–water partition coefficient (Wildman–Crippen LogP) is 1.41. The van der Waals surface area contributed by atoms with Crippen LogP contribution in [0.15, 0.2) is 45.6 Å². The van der Waals surface area contributed by atoms with E-state index in [1.165, 1.54) is 6.26 Å². The number of amides is 2. The van der Waals surface area contributed by atoms with Crippen molar-refractivity contribution < 1.29 is 18.4 Å². The molecule has 0 aliphatic heterocycles. The Morgan fingerprint density at radius 1 is 1.17 bits per heavy atom. The summed E-state index contributed by atoms with van der Waals surface area (Å²) in [6.07, 6.45) is 3.00. The SMILES string of the molecule is CC(NC(=O)c1ccco1)C(=O)NCC(c1ccco1)N(C)C. The first-order chi connectivity index (χ1) is 11.0. The second-order valence-corrected chi connectivity index (χ2v) is 5.41. The van der Waals surface area contributed by atoms with Gasteiger partial charge in [-0.2, -0.15) is 0 Å². The van der Waals surface area contributed by atoms with Crippen LogP contribution in [0.5, 0.6) is 0 Å². The van der Waals surface area contributed by atoms with Crippen LogP contribution in [0, 0.1) is 0 Å². The first-order valence-corrected chi connectivity index (χ1v) is 7.31. The standard InChI is InChI=1S/C16H21N3O4/c1-11(18-16(21)14-7-5-9-23-14)15(20)17-10-12(19(2)3)13-6-4-8-22-13/h4-9,11-12H,10H2,1-3H3,(H,17,20)(H,18,21). The van der Waals surface area contributed by atoms with Crippen molar-refractivity contribution in [3.05, 3.63) is 48.3 Å². The number of furan rings is 2. The number of likely N-dealkylation sites (N-methyl/N-ethyl adjacent to an activating group) is 1. The highest BCUT2D eigenvalue weighted by atomic mass is 16.3. The van der Waals surface area contributed by atoms with Gasteiger partial charge in [-0.25, -0.2) is 0 Å². The summed E-state index contributed by atoms with van der Waals surface area (Å²) in [5, 5.41) is 5.40. The van der Waals surface area contributed by atoms with Gasteiger partial charge in [0.25, 0.3) is 5.91 Å². The van der Waals surface area contributed by atoms with Crippen LogP contribution in [0.4, 0.5) is 0 Å². The molecule has 7 nitrogen and oxygen atoms in total. The van der Waals surface area contributed by atoms with Crippen molar-refractivity contribution in [2.24, 2.45) is 0 Å². The van der Waals surface area contributed by atoms with Gasteiger partial charge in [-0.3, -0.25) is 14.5 Å². The summed E-state index contributed by atoms with van der Waals surface area (Å²) in [7, 11) is 3.81. The van der Waals surface area contributed by atoms with Gasteiger partial charge in [-0.05, 0) is 45.3 Å². The first-order valence-electron chi connectivity index (χ1n) is 7.31. The molecule has 0 aliphatic rings. The third-order valence-corrected chi connectivity index (χ3v) is 3.45. The molecule has 2 aromatic rings. The summed E-state index contributed by atoms with van der Waals surface area (Å²) < 4.78 is 10.4. The summed E-state index contributed by atoms with van der Waals surface area (Å²) in [5.74, 6) is 0.241. The number of nitrogens with one attached hydrogen (secondary N) is 2. The second kappa shape index (κ2) is 7.64. The van der Waals surface area contributed by atoms with Crippen LogP contribution in [0.2, 0.25) is 0 Å². The highest BCUT2D eigenvalue weighted by Gasteiger charge is 2.21. The minimum atomic E-state index is -0.674. The molecule has 2 unspecified atom stereocenters. The lowest BCUT2D eigenvalue weighted by Crippen LogP contribution is -2.46. The Morgan fingerprint density at radius 2 is 1.87 bits per heavy atom. The minimum Gasteiger partial charge on any atom is -0.468 e. The summed E-state index contributed by atoms with van der Waals surface area (Å²) in [6, 6.07) is 6.07. The van der Waals surface area contributed by atoms with Crippen molar-refractivity contribution in [3.8, 4) is 0 Å². The van der Waals surface area contributed by atoms with E-state index in [-0.39, 0.29) is 17.7 Å². The molecule has 0 aromatic carbocycles. The molecule has 0 bridgehead atoms.